The van der Waals surface area contributed by atoms with Gasteiger partial charge in [-0.3, -0.25) is 0 Å². The van der Waals surface area contributed by atoms with Crippen LogP contribution in [0.4, 0.5) is 5.69 Å². The molecule has 2 aromatic carbocycles. The number of rotatable bonds is 6. The summed E-state index contributed by atoms with van der Waals surface area (Å²) in [6, 6.07) is 19.2. The van der Waals surface area contributed by atoms with Crippen LogP contribution in [0.5, 0.6) is 0 Å². The van der Waals surface area contributed by atoms with Crippen LogP contribution in [0.1, 0.15) is 12.5 Å². The number of benzene rings is 2. The summed E-state index contributed by atoms with van der Waals surface area (Å²) in [5.74, 6) is 1.79. The van der Waals surface area contributed by atoms with E-state index in [4.69, 9.17) is 0 Å². The van der Waals surface area contributed by atoms with E-state index in [0.29, 0.717) is 5.92 Å². The molecule has 0 heterocycles. The van der Waals surface area contributed by atoms with Crippen molar-refractivity contribution in [3.8, 4) is 0 Å². The van der Waals surface area contributed by atoms with Gasteiger partial charge in [-0.05, 0) is 37.1 Å². The van der Waals surface area contributed by atoms with E-state index in [9.17, 15) is 0 Å². The number of hydrogen-bond acceptors (Lipinski definition) is 2. The van der Waals surface area contributed by atoms with Crippen LogP contribution in [0, 0.1) is 12.8 Å². The molecule has 1 atom stereocenters. The quantitative estimate of drug-likeness (QED) is 0.755. The van der Waals surface area contributed by atoms with Crippen molar-refractivity contribution >= 4 is 17.4 Å². The molecule has 1 nitrogen and oxygen atoms in total. The number of anilines is 1. The van der Waals surface area contributed by atoms with Gasteiger partial charge in [0.2, 0.25) is 0 Å². The second kappa shape index (κ2) is 7.25. The lowest BCUT2D eigenvalue weighted by molar-refractivity contribution is 0.701. The lowest BCUT2D eigenvalue weighted by Gasteiger charge is -2.13. The van der Waals surface area contributed by atoms with Crippen LogP contribution in [0.2, 0.25) is 0 Å². The number of aryl methyl sites for hydroxylation is 1. The molecule has 0 fully saturated rings. The summed E-state index contributed by atoms with van der Waals surface area (Å²) in [6.07, 6.45) is 0. The number of nitrogens with one attached hydrogen (secondary N) is 1. The van der Waals surface area contributed by atoms with Gasteiger partial charge in [-0.25, -0.2) is 0 Å². The fourth-order valence-corrected chi connectivity index (χ4v) is 2.72. The van der Waals surface area contributed by atoms with Gasteiger partial charge in [0.1, 0.15) is 0 Å². The zero-order chi connectivity index (χ0) is 13.5. The molecule has 0 aromatic heterocycles. The normalized spacial score (nSPS) is 12.1. The summed E-state index contributed by atoms with van der Waals surface area (Å²) in [5, 5.41) is 3.49. The van der Waals surface area contributed by atoms with Gasteiger partial charge < -0.3 is 5.32 Å². The number of hydrogen-bond donors (Lipinski definition) is 1. The van der Waals surface area contributed by atoms with Crippen molar-refractivity contribution in [2.75, 3.05) is 17.6 Å². The van der Waals surface area contributed by atoms with E-state index >= 15 is 0 Å². The van der Waals surface area contributed by atoms with E-state index in [-0.39, 0.29) is 0 Å². The third kappa shape index (κ3) is 4.99. The molecule has 0 aliphatic carbocycles. The smallest absolute Gasteiger partial charge is 0.0340 e. The van der Waals surface area contributed by atoms with Crippen LogP contribution in [-0.4, -0.2) is 12.3 Å². The Morgan fingerprint density at radius 2 is 1.68 bits per heavy atom. The molecule has 0 aliphatic heterocycles. The maximum absolute atomic E-state index is 3.49. The molecule has 0 saturated carbocycles. The second-order valence-electron chi connectivity index (χ2n) is 4.98. The van der Waals surface area contributed by atoms with Gasteiger partial charge >= 0.3 is 0 Å². The standard InChI is InChI=1S/C17H21NS/c1-14-8-10-16(11-9-14)18-12-15(2)13-19-17-6-4-3-5-7-17/h3-11,15,18H,12-13H2,1-2H3. The molecule has 2 rings (SSSR count). The Morgan fingerprint density at radius 1 is 1.00 bits per heavy atom. The summed E-state index contributed by atoms with van der Waals surface area (Å²) >= 11 is 1.93. The summed E-state index contributed by atoms with van der Waals surface area (Å²) in [4.78, 5) is 1.35. The highest BCUT2D eigenvalue weighted by Gasteiger charge is 2.03. The maximum atomic E-state index is 3.49. The van der Waals surface area contributed by atoms with E-state index in [0.717, 1.165) is 12.3 Å². The lowest BCUT2D eigenvalue weighted by Crippen LogP contribution is -2.13. The molecule has 0 aliphatic rings. The second-order valence-corrected chi connectivity index (χ2v) is 6.07. The van der Waals surface area contributed by atoms with E-state index in [1.165, 1.54) is 16.1 Å². The predicted molar refractivity (Wildman–Crippen MR) is 86.0 cm³/mol. The van der Waals surface area contributed by atoms with Crippen LogP contribution in [0.15, 0.2) is 59.5 Å². The van der Waals surface area contributed by atoms with Crippen molar-refractivity contribution in [3.05, 3.63) is 60.2 Å². The Hall–Kier alpha value is -1.41. The van der Waals surface area contributed by atoms with Gasteiger partial charge in [0.15, 0.2) is 0 Å². The molecule has 100 valence electrons. The molecule has 2 aromatic rings. The molecule has 19 heavy (non-hydrogen) atoms. The van der Waals surface area contributed by atoms with E-state index < -0.39 is 0 Å². The molecule has 0 spiro atoms. The first-order chi connectivity index (χ1) is 9.24. The van der Waals surface area contributed by atoms with Gasteiger partial charge in [0.05, 0.1) is 0 Å². The molecule has 2 heteroatoms. The molecule has 1 unspecified atom stereocenters. The minimum Gasteiger partial charge on any atom is -0.385 e. The Balaban J connectivity index is 1.72. The zero-order valence-electron chi connectivity index (χ0n) is 11.6. The molecule has 0 bridgehead atoms. The molecule has 1 N–H and O–H groups in total. The Bertz CT molecular complexity index is 478. The molecule has 0 radical (unpaired) electrons. The van der Waals surface area contributed by atoms with Gasteiger partial charge in [0.25, 0.3) is 0 Å². The Kier molecular flexibility index (Phi) is 5.34. The summed E-state index contributed by atoms with van der Waals surface area (Å²) < 4.78 is 0. The van der Waals surface area contributed by atoms with Gasteiger partial charge in [-0.15, -0.1) is 11.8 Å². The predicted octanol–water partition coefficient (Wildman–Crippen LogP) is 4.84. The topological polar surface area (TPSA) is 12.0 Å². The first kappa shape index (κ1) is 14.0. The van der Waals surface area contributed by atoms with Crippen molar-refractivity contribution in [1.29, 1.82) is 0 Å². The van der Waals surface area contributed by atoms with Crippen LogP contribution >= 0.6 is 11.8 Å². The van der Waals surface area contributed by atoms with Crippen LogP contribution in [0.25, 0.3) is 0 Å². The fourth-order valence-electron chi connectivity index (χ4n) is 1.78. The lowest BCUT2D eigenvalue weighted by atomic mass is 10.2. The third-order valence-corrected chi connectivity index (χ3v) is 4.33. The maximum Gasteiger partial charge on any atom is 0.0340 e. The van der Waals surface area contributed by atoms with Crippen LogP contribution in [0.3, 0.4) is 0 Å². The average molecular weight is 271 g/mol. The van der Waals surface area contributed by atoms with Gasteiger partial charge in [-0.1, -0.05) is 42.8 Å². The first-order valence-corrected chi connectivity index (χ1v) is 7.71. The van der Waals surface area contributed by atoms with Crippen molar-refractivity contribution in [2.24, 2.45) is 5.92 Å². The SMILES string of the molecule is Cc1ccc(NCC(C)CSc2ccccc2)cc1. The molecule has 0 saturated heterocycles. The molecular weight excluding hydrogens is 250 g/mol. The average Bonchev–Trinajstić information content (AvgIpc) is 2.45. The monoisotopic (exact) mass is 271 g/mol. The summed E-state index contributed by atoms with van der Waals surface area (Å²) in [6.45, 7) is 5.42. The number of thioether (sulfide) groups is 1. The highest BCUT2D eigenvalue weighted by molar-refractivity contribution is 7.99. The summed E-state index contributed by atoms with van der Waals surface area (Å²) in [7, 11) is 0. The van der Waals surface area contributed by atoms with Crippen molar-refractivity contribution in [1.82, 2.24) is 0 Å². The van der Waals surface area contributed by atoms with Crippen LogP contribution in [-0.2, 0) is 0 Å². The van der Waals surface area contributed by atoms with E-state index in [2.05, 4.69) is 73.8 Å². The first-order valence-electron chi connectivity index (χ1n) is 6.72. The van der Waals surface area contributed by atoms with E-state index in [1.54, 1.807) is 0 Å². The largest absolute Gasteiger partial charge is 0.385 e. The van der Waals surface area contributed by atoms with Crippen molar-refractivity contribution in [2.45, 2.75) is 18.7 Å². The molecular formula is C17H21NS. The van der Waals surface area contributed by atoms with E-state index in [1.807, 2.05) is 11.8 Å². The van der Waals surface area contributed by atoms with Crippen molar-refractivity contribution < 1.29 is 0 Å². The highest BCUT2D eigenvalue weighted by atomic mass is 32.2. The molecule has 0 amide bonds. The minimum atomic E-state index is 0.645. The Morgan fingerprint density at radius 3 is 2.37 bits per heavy atom. The highest BCUT2D eigenvalue weighted by Crippen LogP contribution is 2.20. The summed E-state index contributed by atoms with van der Waals surface area (Å²) in [5.41, 5.74) is 2.51. The van der Waals surface area contributed by atoms with Gasteiger partial charge in [0, 0.05) is 22.9 Å². The van der Waals surface area contributed by atoms with Crippen molar-refractivity contribution in [3.63, 3.8) is 0 Å². The third-order valence-electron chi connectivity index (χ3n) is 2.98. The van der Waals surface area contributed by atoms with Crippen LogP contribution < -0.4 is 5.32 Å². The zero-order valence-corrected chi connectivity index (χ0v) is 12.4. The van der Waals surface area contributed by atoms with Gasteiger partial charge in [-0.2, -0.15) is 0 Å². The Labute approximate surface area is 120 Å². The fraction of sp³-hybridized carbons (Fsp3) is 0.294. The minimum absolute atomic E-state index is 0.645.